The predicted octanol–water partition coefficient (Wildman–Crippen LogP) is 5.28. The van der Waals surface area contributed by atoms with E-state index in [2.05, 4.69) is 4.99 Å². The van der Waals surface area contributed by atoms with Gasteiger partial charge in [0.25, 0.3) is 5.56 Å². The molecule has 0 unspecified atom stereocenters. The van der Waals surface area contributed by atoms with Crippen LogP contribution in [-0.2, 0) is 9.53 Å². The van der Waals surface area contributed by atoms with E-state index < -0.39 is 12.0 Å². The largest absolute Gasteiger partial charge is 0.489 e. The summed E-state index contributed by atoms with van der Waals surface area (Å²) in [6.07, 6.45) is 2.93. The van der Waals surface area contributed by atoms with Crippen LogP contribution in [0.1, 0.15) is 50.8 Å². The molecule has 188 valence electrons. The first-order chi connectivity index (χ1) is 17.3. The lowest BCUT2D eigenvalue weighted by molar-refractivity contribution is -0.136. The second-order valence-electron chi connectivity index (χ2n) is 8.34. The van der Waals surface area contributed by atoms with E-state index in [1.54, 1.807) is 22.8 Å². The Morgan fingerprint density at radius 1 is 1.22 bits per heavy atom. The summed E-state index contributed by atoms with van der Waals surface area (Å²) in [5.74, 6) is -0.0463. The molecular weight excluding hydrogens is 519 g/mol. The van der Waals surface area contributed by atoms with Gasteiger partial charge in [0.05, 0.1) is 40.1 Å². The van der Waals surface area contributed by atoms with Crippen molar-refractivity contribution in [1.29, 1.82) is 0 Å². The maximum atomic E-state index is 13.8. The molecule has 3 aromatic rings. The van der Waals surface area contributed by atoms with Crippen LogP contribution in [-0.4, -0.2) is 23.8 Å². The Bertz CT molecular complexity index is 1510. The Balaban J connectivity index is 1.99. The number of hydrogen-bond donors (Lipinski definition) is 0. The highest BCUT2D eigenvalue weighted by atomic mass is 35.5. The van der Waals surface area contributed by atoms with Crippen LogP contribution >= 0.6 is 34.5 Å². The maximum absolute atomic E-state index is 13.8. The Morgan fingerprint density at radius 3 is 2.58 bits per heavy atom. The zero-order valence-electron chi connectivity index (χ0n) is 20.4. The molecule has 0 saturated carbocycles. The summed E-state index contributed by atoms with van der Waals surface area (Å²) in [6.45, 7) is 5.88. The highest BCUT2D eigenvalue weighted by molar-refractivity contribution is 7.07. The summed E-state index contributed by atoms with van der Waals surface area (Å²) < 4.78 is 13.1. The minimum absolute atomic E-state index is 0.0788. The van der Waals surface area contributed by atoms with Gasteiger partial charge < -0.3 is 9.47 Å². The minimum Gasteiger partial charge on any atom is -0.489 e. The van der Waals surface area contributed by atoms with Crippen molar-refractivity contribution in [2.24, 2.45) is 4.99 Å². The van der Waals surface area contributed by atoms with Gasteiger partial charge in [-0.1, -0.05) is 78.7 Å². The van der Waals surface area contributed by atoms with Crippen LogP contribution < -0.4 is 19.6 Å². The number of fused-ring (bicyclic) bond motifs is 1. The van der Waals surface area contributed by atoms with Crippen LogP contribution in [0.3, 0.4) is 0 Å². The van der Waals surface area contributed by atoms with Gasteiger partial charge in [0, 0.05) is 10.6 Å². The number of aromatic nitrogens is 1. The third-order valence-corrected chi connectivity index (χ3v) is 7.47. The zero-order valence-corrected chi connectivity index (χ0v) is 22.7. The average molecular weight is 545 g/mol. The van der Waals surface area contributed by atoms with Crippen molar-refractivity contribution in [1.82, 2.24) is 4.57 Å². The van der Waals surface area contributed by atoms with Gasteiger partial charge in [-0.05, 0) is 43.5 Å². The fourth-order valence-corrected chi connectivity index (χ4v) is 5.62. The van der Waals surface area contributed by atoms with E-state index in [9.17, 15) is 9.59 Å². The summed E-state index contributed by atoms with van der Waals surface area (Å²) in [7, 11) is 1.33. The number of nitrogens with zero attached hydrogens (tertiary/aromatic N) is 2. The molecule has 2 heterocycles. The topological polar surface area (TPSA) is 69.9 Å². The summed E-state index contributed by atoms with van der Waals surface area (Å²) >= 11 is 14.0. The molecule has 0 saturated heterocycles. The van der Waals surface area contributed by atoms with Gasteiger partial charge in [-0.15, -0.1) is 0 Å². The van der Waals surface area contributed by atoms with Crippen molar-refractivity contribution in [2.75, 3.05) is 7.11 Å². The number of hydrogen-bond acceptors (Lipinski definition) is 6. The first-order valence-corrected chi connectivity index (χ1v) is 13.2. The standard InChI is InChI=1S/C27H26Cl2N2O4S/c1-5-15(3)35-24-17(12-18(28)14-19(24)29)13-21-25(32)31-23(16-10-8-7-9-11-16)22(26(33)34-4)20(6-2)30-27(31)36-21/h7-15,23H,5-6H2,1-4H3/b21-13+/t15-,23-/m1/s1. The van der Waals surface area contributed by atoms with Crippen LogP contribution in [0.4, 0.5) is 0 Å². The highest BCUT2D eigenvalue weighted by Gasteiger charge is 2.33. The first kappa shape index (κ1) is 26.2. The minimum atomic E-state index is -0.661. The maximum Gasteiger partial charge on any atom is 0.338 e. The molecule has 0 spiro atoms. The molecule has 0 N–H and O–H groups in total. The number of allylic oxidation sites excluding steroid dienone is 1. The second-order valence-corrected chi connectivity index (χ2v) is 10.2. The van der Waals surface area contributed by atoms with E-state index >= 15 is 0 Å². The highest BCUT2D eigenvalue weighted by Crippen LogP contribution is 2.34. The molecule has 0 radical (unpaired) electrons. The fraction of sp³-hybridized carbons (Fsp3) is 0.296. The number of halogens is 2. The van der Waals surface area contributed by atoms with E-state index in [4.69, 9.17) is 32.7 Å². The zero-order chi connectivity index (χ0) is 26.0. The van der Waals surface area contributed by atoms with Gasteiger partial charge in [0.1, 0.15) is 5.75 Å². The number of thiazole rings is 1. The molecule has 36 heavy (non-hydrogen) atoms. The quantitative estimate of drug-likeness (QED) is 0.379. The van der Waals surface area contributed by atoms with Crippen LogP contribution in [0.15, 0.2) is 63.5 Å². The van der Waals surface area contributed by atoms with Crippen molar-refractivity contribution in [3.63, 3.8) is 0 Å². The number of methoxy groups -OCH3 is 1. The SMILES string of the molecule is CCC1=C(C(=O)OC)[C@@H](c2ccccc2)n2c(s/c(=C/c3cc(Cl)cc(Cl)c3O[C@H](C)CC)c2=O)=N1. The van der Waals surface area contributed by atoms with E-state index in [1.807, 2.05) is 51.1 Å². The molecular formula is C27H26Cl2N2O4S. The predicted molar refractivity (Wildman–Crippen MR) is 144 cm³/mol. The van der Waals surface area contributed by atoms with E-state index in [-0.39, 0.29) is 11.7 Å². The van der Waals surface area contributed by atoms with Crippen LogP contribution in [0.2, 0.25) is 10.0 Å². The monoisotopic (exact) mass is 544 g/mol. The molecule has 2 aromatic carbocycles. The molecule has 0 aliphatic carbocycles. The molecule has 0 fully saturated rings. The van der Waals surface area contributed by atoms with Crippen molar-refractivity contribution in [3.05, 3.63) is 94.6 Å². The molecule has 0 bridgehead atoms. The summed E-state index contributed by atoms with van der Waals surface area (Å²) in [5.41, 5.74) is 2.05. The number of carbonyl (C=O) groups excluding carboxylic acids is 1. The van der Waals surface area contributed by atoms with Gasteiger partial charge in [-0.3, -0.25) is 9.36 Å². The smallest absolute Gasteiger partial charge is 0.338 e. The number of esters is 1. The lowest BCUT2D eigenvalue weighted by Gasteiger charge is -2.25. The number of carbonyl (C=O) groups is 1. The number of benzene rings is 2. The van der Waals surface area contributed by atoms with Crippen LogP contribution in [0.5, 0.6) is 5.75 Å². The van der Waals surface area contributed by atoms with Crippen LogP contribution in [0, 0.1) is 0 Å². The molecule has 1 aliphatic heterocycles. The number of rotatable bonds is 7. The molecule has 9 heteroatoms. The molecule has 2 atom stereocenters. The van der Waals surface area contributed by atoms with Gasteiger partial charge in [-0.25, -0.2) is 9.79 Å². The first-order valence-electron chi connectivity index (χ1n) is 11.6. The van der Waals surface area contributed by atoms with E-state index in [0.717, 1.165) is 12.0 Å². The second kappa shape index (κ2) is 11.0. The molecule has 1 aromatic heterocycles. The molecule has 4 rings (SSSR count). The Labute approximate surface area is 223 Å². The Morgan fingerprint density at radius 2 is 1.94 bits per heavy atom. The Kier molecular flexibility index (Phi) is 8.03. The van der Waals surface area contributed by atoms with Gasteiger partial charge in [0.15, 0.2) is 4.80 Å². The fourth-order valence-electron chi connectivity index (χ4n) is 4.05. The van der Waals surface area contributed by atoms with Crippen molar-refractivity contribution in [2.45, 2.75) is 45.8 Å². The lowest BCUT2D eigenvalue weighted by Crippen LogP contribution is -2.40. The molecule has 1 aliphatic rings. The third-order valence-electron chi connectivity index (χ3n) is 5.98. The summed E-state index contributed by atoms with van der Waals surface area (Å²) in [6, 6.07) is 12.1. The van der Waals surface area contributed by atoms with Gasteiger partial charge in [0.2, 0.25) is 0 Å². The van der Waals surface area contributed by atoms with Gasteiger partial charge in [-0.2, -0.15) is 0 Å². The third kappa shape index (κ3) is 5.01. The molecule has 6 nitrogen and oxygen atoms in total. The van der Waals surface area contributed by atoms with E-state index in [1.165, 1.54) is 18.4 Å². The lowest BCUT2D eigenvalue weighted by atomic mass is 9.95. The van der Waals surface area contributed by atoms with Crippen molar-refractivity contribution < 1.29 is 14.3 Å². The van der Waals surface area contributed by atoms with Crippen molar-refractivity contribution >= 4 is 46.6 Å². The van der Waals surface area contributed by atoms with Crippen molar-refractivity contribution in [3.8, 4) is 5.75 Å². The van der Waals surface area contributed by atoms with E-state index in [0.29, 0.717) is 48.4 Å². The number of ether oxygens (including phenoxy) is 2. The Hall–Kier alpha value is -2.87. The average Bonchev–Trinajstić information content (AvgIpc) is 3.19. The van der Waals surface area contributed by atoms with Crippen LogP contribution in [0.25, 0.3) is 6.08 Å². The molecule has 0 amide bonds. The normalized spacial score (nSPS) is 16.4. The van der Waals surface area contributed by atoms with Gasteiger partial charge >= 0.3 is 5.97 Å². The summed E-state index contributed by atoms with van der Waals surface area (Å²) in [4.78, 5) is 31.9. The summed E-state index contributed by atoms with van der Waals surface area (Å²) in [5, 5.41) is 0.796.